The second kappa shape index (κ2) is 9.39. The molecule has 0 unspecified atom stereocenters. The lowest BCUT2D eigenvalue weighted by Crippen LogP contribution is -2.05. The smallest absolute Gasteiger partial charge is 0.137 e. The first kappa shape index (κ1) is 18.5. The molecule has 1 heterocycles. The standard InChI is InChI=1S/C21H24ClN3O/c1-16-8-4-5-9-20(16)26-13-7-3-2-6-12-23-21-18-14-17(22)10-11-19(18)24-15-25-21/h4-5,8-11,14-15H,2-3,6-7,12-13H2,1H3,(H,23,24,25). The molecule has 0 radical (unpaired) electrons. The quantitative estimate of drug-likeness (QED) is 0.495. The SMILES string of the molecule is Cc1ccccc1OCCCCCCNc1ncnc2ccc(Cl)cc12. The summed E-state index contributed by atoms with van der Waals surface area (Å²) in [6.45, 7) is 3.73. The van der Waals surface area contributed by atoms with Gasteiger partial charge in [0.25, 0.3) is 0 Å². The van der Waals surface area contributed by atoms with Gasteiger partial charge in [0, 0.05) is 17.0 Å². The van der Waals surface area contributed by atoms with Gasteiger partial charge in [-0.1, -0.05) is 42.6 Å². The fraction of sp³-hybridized carbons (Fsp3) is 0.333. The van der Waals surface area contributed by atoms with Gasteiger partial charge < -0.3 is 10.1 Å². The number of fused-ring (bicyclic) bond motifs is 1. The third-order valence-electron chi connectivity index (χ3n) is 4.31. The van der Waals surface area contributed by atoms with Crippen LogP contribution in [0.5, 0.6) is 5.75 Å². The first-order chi connectivity index (χ1) is 12.7. The zero-order valence-corrected chi connectivity index (χ0v) is 15.8. The molecule has 0 atom stereocenters. The molecular formula is C21H24ClN3O. The van der Waals surface area contributed by atoms with Crippen molar-refractivity contribution in [3.63, 3.8) is 0 Å². The normalized spacial score (nSPS) is 10.8. The summed E-state index contributed by atoms with van der Waals surface area (Å²) in [7, 11) is 0. The van der Waals surface area contributed by atoms with Crippen LogP contribution in [0.4, 0.5) is 5.82 Å². The summed E-state index contributed by atoms with van der Waals surface area (Å²) < 4.78 is 5.83. The summed E-state index contributed by atoms with van der Waals surface area (Å²) in [4.78, 5) is 8.60. The maximum Gasteiger partial charge on any atom is 0.137 e. The number of nitrogens with zero attached hydrogens (tertiary/aromatic N) is 2. The first-order valence-electron chi connectivity index (χ1n) is 9.06. The number of ether oxygens (including phenoxy) is 1. The monoisotopic (exact) mass is 369 g/mol. The number of hydrogen-bond acceptors (Lipinski definition) is 4. The van der Waals surface area contributed by atoms with Crippen LogP contribution in [0.15, 0.2) is 48.8 Å². The lowest BCUT2D eigenvalue weighted by atomic mass is 10.2. The van der Waals surface area contributed by atoms with Gasteiger partial charge in [-0.3, -0.25) is 0 Å². The number of anilines is 1. The van der Waals surface area contributed by atoms with E-state index >= 15 is 0 Å². The lowest BCUT2D eigenvalue weighted by Gasteiger charge is -2.09. The molecule has 3 rings (SSSR count). The molecule has 4 nitrogen and oxygen atoms in total. The number of para-hydroxylation sites is 1. The third kappa shape index (κ3) is 5.09. The molecule has 5 heteroatoms. The Balaban J connectivity index is 1.35. The number of rotatable bonds is 9. The van der Waals surface area contributed by atoms with Crippen molar-refractivity contribution in [2.24, 2.45) is 0 Å². The highest BCUT2D eigenvalue weighted by Gasteiger charge is 2.04. The summed E-state index contributed by atoms with van der Waals surface area (Å²) in [6.07, 6.45) is 6.07. The Kier molecular flexibility index (Phi) is 6.67. The molecule has 136 valence electrons. The van der Waals surface area contributed by atoms with Crippen LogP contribution >= 0.6 is 11.6 Å². The van der Waals surface area contributed by atoms with E-state index in [1.165, 1.54) is 5.56 Å². The van der Waals surface area contributed by atoms with E-state index in [0.29, 0.717) is 5.02 Å². The van der Waals surface area contributed by atoms with E-state index in [1.807, 2.05) is 36.4 Å². The van der Waals surface area contributed by atoms with Gasteiger partial charge in [-0.2, -0.15) is 0 Å². The fourth-order valence-corrected chi connectivity index (χ4v) is 3.03. The maximum atomic E-state index is 6.08. The van der Waals surface area contributed by atoms with E-state index < -0.39 is 0 Å². The summed E-state index contributed by atoms with van der Waals surface area (Å²) in [5, 5.41) is 5.06. The summed E-state index contributed by atoms with van der Waals surface area (Å²) in [6, 6.07) is 13.8. The van der Waals surface area contributed by atoms with Crippen molar-refractivity contribution in [1.29, 1.82) is 0 Å². The van der Waals surface area contributed by atoms with Gasteiger partial charge in [0.15, 0.2) is 0 Å². The number of aryl methyl sites for hydroxylation is 1. The van der Waals surface area contributed by atoms with Crippen LogP contribution in [0.1, 0.15) is 31.2 Å². The molecule has 0 saturated carbocycles. The number of halogens is 1. The van der Waals surface area contributed by atoms with Crippen LogP contribution in [-0.4, -0.2) is 23.1 Å². The summed E-state index contributed by atoms with van der Waals surface area (Å²) >= 11 is 6.08. The minimum atomic E-state index is 0.698. The lowest BCUT2D eigenvalue weighted by molar-refractivity contribution is 0.303. The highest BCUT2D eigenvalue weighted by Crippen LogP contribution is 2.23. The van der Waals surface area contributed by atoms with Crippen LogP contribution in [0, 0.1) is 6.92 Å². The number of nitrogens with one attached hydrogen (secondary N) is 1. The summed E-state index contributed by atoms with van der Waals surface area (Å²) in [5.74, 6) is 1.84. The number of unbranched alkanes of at least 4 members (excludes halogenated alkanes) is 3. The maximum absolute atomic E-state index is 6.08. The van der Waals surface area contributed by atoms with Gasteiger partial charge in [-0.15, -0.1) is 0 Å². The van der Waals surface area contributed by atoms with Gasteiger partial charge in [0.05, 0.1) is 12.1 Å². The molecule has 0 spiro atoms. The van der Waals surface area contributed by atoms with Crippen LogP contribution < -0.4 is 10.1 Å². The fourth-order valence-electron chi connectivity index (χ4n) is 2.86. The van der Waals surface area contributed by atoms with Crippen molar-refractivity contribution in [2.75, 3.05) is 18.5 Å². The average molecular weight is 370 g/mol. The van der Waals surface area contributed by atoms with Crippen molar-refractivity contribution in [3.8, 4) is 5.75 Å². The average Bonchev–Trinajstić information content (AvgIpc) is 2.65. The zero-order chi connectivity index (χ0) is 18.2. The van der Waals surface area contributed by atoms with Crippen LogP contribution in [0.3, 0.4) is 0 Å². The molecule has 0 bridgehead atoms. The van der Waals surface area contributed by atoms with E-state index in [1.54, 1.807) is 6.33 Å². The van der Waals surface area contributed by atoms with Gasteiger partial charge in [-0.05, 0) is 49.6 Å². The number of hydrogen-bond donors (Lipinski definition) is 1. The Morgan fingerprint density at radius 2 is 1.85 bits per heavy atom. The minimum absolute atomic E-state index is 0.698. The Morgan fingerprint density at radius 1 is 1.00 bits per heavy atom. The van der Waals surface area contributed by atoms with Crippen molar-refractivity contribution >= 4 is 28.3 Å². The van der Waals surface area contributed by atoms with Gasteiger partial charge in [0.2, 0.25) is 0 Å². The van der Waals surface area contributed by atoms with Gasteiger partial charge in [0.1, 0.15) is 17.9 Å². The van der Waals surface area contributed by atoms with Crippen molar-refractivity contribution in [1.82, 2.24) is 9.97 Å². The van der Waals surface area contributed by atoms with Gasteiger partial charge in [-0.25, -0.2) is 9.97 Å². The van der Waals surface area contributed by atoms with Crippen molar-refractivity contribution < 1.29 is 4.74 Å². The summed E-state index contributed by atoms with van der Waals surface area (Å²) in [5.41, 5.74) is 2.09. The first-order valence-corrected chi connectivity index (χ1v) is 9.44. The third-order valence-corrected chi connectivity index (χ3v) is 4.55. The Hall–Kier alpha value is -2.33. The van der Waals surface area contributed by atoms with Crippen molar-refractivity contribution in [3.05, 3.63) is 59.4 Å². The van der Waals surface area contributed by atoms with Gasteiger partial charge >= 0.3 is 0 Å². The minimum Gasteiger partial charge on any atom is -0.493 e. The number of aromatic nitrogens is 2. The predicted octanol–water partition coefficient (Wildman–Crippen LogP) is 5.64. The molecule has 3 aromatic rings. The molecule has 0 aliphatic heterocycles. The molecule has 1 N–H and O–H groups in total. The largest absolute Gasteiger partial charge is 0.493 e. The molecular weight excluding hydrogens is 346 g/mol. The highest BCUT2D eigenvalue weighted by molar-refractivity contribution is 6.31. The van der Waals surface area contributed by atoms with Crippen LogP contribution in [-0.2, 0) is 0 Å². The second-order valence-corrected chi connectivity index (χ2v) is 6.78. The van der Waals surface area contributed by atoms with E-state index in [2.05, 4.69) is 28.3 Å². The number of benzene rings is 2. The zero-order valence-electron chi connectivity index (χ0n) is 15.0. The molecule has 26 heavy (non-hydrogen) atoms. The van der Waals surface area contributed by atoms with E-state index in [0.717, 1.165) is 61.3 Å². The molecule has 0 amide bonds. The second-order valence-electron chi connectivity index (χ2n) is 6.34. The van der Waals surface area contributed by atoms with Crippen LogP contribution in [0.25, 0.3) is 10.9 Å². The Bertz CT molecular complexity index is 854. The van der Waals surface area contributed by atoms with E-state index in [9.17, 15) is 0 Å². The predicted molar refractivity (Wildman–Crippen MR) is 108 cm³/mol. The van der Waals surface area contributed by atoms with E-state index in [-0.39, 0.29) is 0 Å². The molecule has 0 aliphatic carbocycles. The molecule has 0 aliphatic rings. The topological polar surface area (TPSA) is 47.0 Å². The van der Waals surface area contributed by atoms with Crippen molar-refractivity contribution in [2.45, 2.75) is 32.6 Å². The Morgan fingerprint density at radius 3 is 2.73 bits per heavy atom. The Labute approximate surface area is 159 Å². The molecule has 0 saturated heterocycles. The molecule has 1 aromatic heterocycles. The van der Waals surface area contributed by atoms with Crippen LogP contribution in [0.2, 0.25) is 5.02 Å². The molecule has 0 fully saturated rings. The highest BCUT2D eigenvalue weighted by atomic mass is 35.5. The van der Waals surface area contributed by atoms with E-state index in [4.69, 9.17) is 16.3 Å². The molecule has 2 aromatic carbocycles.